The van der Waals surface area contributed by atoms with Crippen molar-refractivity contribution in [3.05, 3.63) is 105 Å². The molecule has 0 aliphatic heterocycles. The Morgan fingerprint density at radius 1 is 0.605 bits per heavy atom. The van der Waals surface area contributed by atoms with E-state index in [1.807, 2.05) is 98.8 Å². The Bertz CT molecular complexity index is 1330. The Labute approximate surface area is 238 Å². The third kappa shape index (κ3) is 7.69. The first-order valence-corrected chi connectivity index (χ1v) is 13.4. The van der Waals surface area contributed by atoms with Gasteiger partial charge >= 0.3 is 0 Å². The maximum atomic E-state index is 12.3. The number of hydrogen-bond acceptors (Lipinski definition) is 4. The number of amides is 2. The molecule has 0 fully saturated rings. The first-order chi connectivity index (χ1) is 18.3. The third-order valence-electron chi connectivity index (χ3n) is 5.67. The Kier molecular flexibility index (Phi) is 9.20. The molecule has 2 amide bonds. The molecule has 0 saturated heterocycles. The quantitative estimate of drug-likeness (QED) is 0.199. The Morgan fingerprint density at radius 3 is 1.32 bits per heavy atom. The SMILES string of the molecule is Cc1cc(OCC(=O)Nc2ccc(-c3ccc(NC(=O)COc4ccc(Br)c(C)c4)cc3)cc2)ccc1Br. The van der Waals surface area contributed by atoms with Crippen molar-refractivity contribution >= 4 is 55.0 Å². The van der Waals surface area contributed by atoms with Crippen LogP contribution in [0.1, 0.15) is 11.1 Å². The number of aryl methyl sites for hydroxylation is 2. The summed E-state index contributed by atoms with van der Waals surface area (Å²) in [4.78, 5) is 24.6. The van der Waals surface area contributed by atoms with Crippen LogP contribution >= 0.6 is 31.9 Å². The first-order valence-electron chi connectivity index (χ1n) is 11.8. The van der Waals surface area contributed by atoms with Gasteiger partial charge in [0.2, 0.25) is 0 Å². The van der Waals surface area contributed by atoms with Crippen LogP contribution in [0.5, 0.6) is 11.5 Å². The zero-order valence-electron chi connectivity index (χ0n) is 20.9. The van der Waals surface area contributed by atoms with Gasteiger partial charge in [0.15, 0.2) is 13.2 Å². The normalized spacial score (nSPS) is 10.5. The molecule has 0 bridgehead atoms. The van der Waals surface area contributed by atoms with Gasteiger partial charge in [0, 0.05) is 20.3 Å². The van der Waals surface area contributed by atoms with Gasteiger partial charge in [0.1, 0.15) is 11.5 Å². The van der Waals surface area contributed by atoms with Crippen molar-refractivity contribution in [1.82, 2.24) is 0 Å². The molecule has 4 aromatic rings. The predicted octanol–water partition coefficient (Wildman–Crippen LogP) is 7.53. The molecule has 0 spiro atoms. The summed E-state index contributed by atoms with van der Waals surface area (Å²) >= 11 is 6.90. The minimum absolute atomic E-state index is 0.0795. The molecule has 0 radical (unpaired) electrons. The van der Waals surface area contributed by atoms with Crippen molar-refractivity contribution in [2.45, 2.75) is 13.8 Å². The molecule has 0 atom stereocenters. The van der Waals surface area contributed by atoms with Crippen molar-refractivity contribution in [2.24, 2.45) is 0 Å². The number of carbonyl (C=O) groups is 2. The van der Waals surface area contributed by atoms with Crippen molar-refractivity contribution in [1.29, 1.82) is 0 Å². The molecular formula is C30H26Br2N2O4. The minimum Gasteiger partial charge on any atom is -0.484 e. The summed E-state index contributed by atoms with van der Waals surface area (Å²) in [7, 11) is 0. The molecule has 194 valence electrons. The Balaban J connectivity index is 1.25. The standard InChI is InChI=1S/C30H26Br2N2O4/c1-19-15-25(11-13-27(19)31)37-17-29(35)33-23-7-3-21(4-8-23)22-5-9-24(10-6-22)34-30(36)18-38-26-12-14-28(32)20(2)16-26/h3-16H,17-18H2,1-2H3,(H,33,35)(H,34,36). The molecule has 6 nitrogen and oxygen atoms in total. The van der Waals surface area contributed by atoms with Crippen molar-refractivity contribution in [3.63, 3.8) is 0 Å². The summed E-state index contributed by atoms with van der Waals surface area (Å²) in [6.07, 6.45) is 0. The van der Waals surface area contributed by atoms with Crippen LogP contribution in [0.4, 0.5) is 11.4 Å². The smallest absolute Gasteiger partial charge is 0.262 e. The number of hydrogen-bond donors (Lipinski definition) is 2. The topological polar surface area (TPSA) is 76.7 Å². The lowest BCUT2D eigenvalue weighted by Crippen LogP contribution is -2.20. The molecule has 4 aromatic carbocycles. The number of rotatable bonds is 9. The summed E-state index contributed by atoms with van der Waals surface area (Å²) in [6.45, 7) is 3.77. The molecule has 4 rings (SSSR count). The number of anilines is 2. The van der Waals surface area contributed by atoms with Gasteiger partial charge in [-0.05, 0) is 96.8 Å². The number of ether oxygens (including phenoxy) is 2. The van der Waals surface area contributed by atoms with E-state index in [1.54, 1.807) is 0 Å². The molecular weight excluding hydrogens is 612 g/mol. The number of halogens is 2. The lowest BCUT2D eigenvalue weighted by Gasteiger charge is -2.10. The first kappa shape index (κ1) is 27.4. The molecule has 8 heteroatoms. The average Bonchev–Trinajstić information content (AvgIpc) is 2.91. The molecule has 0 aliphatic carbocycles. The highest BCUT2D eigenvalue weighted by Gasteiger charge is 2.08. The van der Waals surface area contributed by atoms with Gasteiger partial charge < -0.3 is 20.1 Å². The highest BCUT2D eigenvalue weighted by molar-refractivity contribution is 9.10. The van der Waals surface area contributed by atoms with E-state index in [9.17, 15) is 9.59 Å². The van der Waals surface area contributed by atoms with Crippen LogP contribution in [0.25, 0.3) is 11.1 Å². The van der Waals surface area contributed by atoms with Crippen LogP contribution in [-0.4, -0.2) is 25.0 Å². The van der Waals surface area contributed by atoms with E-state index >= 15 is 0 Å². The van der Waals surface area contributed by atoms with E-state index in [1.165, 1.54) is 0 Å². The van der Waals surface area contributed by atoms with Crippen LogP contribution in [0.2, 0.25) is 0 Å². The maximum absolute atomic E-state index is 12.3. The predicted molar refractivity (Wildman–Crippen MR) is 158 cm³/mol. The van der Waals surface area contributed by atoms with Crippen LogP contribution in [0, 0.1) is 13.8 Å². The highest BCUT2D eigenvalue weighted by atomic mass is 79.9. The second-order valence-corrected chi connectivity index (χ2v) is 10.4. The van der Waals surface area contributed by atoms with Crippen LogP contribution in [0.15, 0.2) is 93.9 Å². The average molecular weight is 638 g/mol. The highest BCUT2D eigenvalue weighted by Crippen LogP contribution is 2.25. The Hall–Kier alpha value is -3.62. The van der Waals surface area contributed by atoms with Gasteiger partial charge in [0.05, 0.1) is 0 Å². The second-order valence-electron chi connectivity index (χ2n) is 8.65. The monoisotopic (exact) mass is 636 g/mol. The number of nitrogens with one attached hydrogen (secondary N) is 2. The molecule has 0 heterocycles. The molecule has 0 saturated carbocycles. The van der Waals surface area contributed by atoms with E-state index in [0.29, 0.717) is 22.9 Å². The minimum atomic E-state index is -0.238. The molecule has 38 heavy (non-hydrogen) atoms. The van der Waals surface area contributed by atoms with Crippen LogP contribution in [-0.2, 0) is 9.59 Å². The zero-order valence-corrected chi connectivity index (χ0v) is 24.1. The van der Waals surface area contributed by atoms with Crippen molar-refractivity contribution in [3.8, 4) is 22.6 Å². The second kappa shape index (κ2) is 12.8. The third-order valence-corrected chi connectivity index (χ3v) is 7.45. The lowest BCUT2D eigenvalue weighted by atomic mass is 10.0. The van der Waals surface area contributed by atoms with Gasteiger partial charge in [-0.25, -0.2) is 0 Å². The van der Waals surface area contributed by atoms with Crippen molar-refractivity contribution in [2.75, 3.05) is 23.8 Å². The van der Waals surface area contributed by atoms with Gasteiger partial charge in [-0.15, -0.1) is 0 Å². The van der Waals surface area contributed by atoms with Crippen LogP contribution in [0.3, 0.4) is 0 Å². The zero-order chi connectivity index (χ0) is 27.1. The maximum Gasteiger partial charge on any atom is 0.262 e. The largest absolute Gasteiger partial charge is 0.484 e. The van der Waals surface area contributed by atoms with Gasteiger partial charge in [-0.3, -0.25) is 9.59 Å². The summed E-state index contributed by atoms with van der Waals surface area (Å²) < 4.78 is 13.1. The molecule has 2 N–H and O–H groups in total. The van der Waals surface area contributed by atoms with Crippen molar-refractivity contribution < 1.29 is 19.1 Å². The molecule has 0 aromatic heterocycles. The van der Waals surface area contributed by atoms with Gasteiger partial charge in [-0.1, -0.05) is 56.1 Å². The fraction of sp³-hybridized carbons (Fsp3) is 0.133. The van der Waals surface area contributed by atoms with E-state index in [2.05, 4.69) is 42.5 Å². The lowest BCUT2D eigenvalue weighted by molar-refractivity contribution is -0.118. The van der Waals surface area contributed by atoms with E-state index in [4.69, 9.17) is 9.47 Å². The summed E-state index contributed by atoms with van der Waals surface area (Å²) in [5, 5.41) is 5.68. The van der Waals surface area contributed by atoms with Gasteiger partial charge in [0.25, 0.3) is 11.8 Å². The number of carbonyl (C=O) groups excluding carboxylic acids is 2. The summed E-state index contributed by atoms with van der Waals surface area (Å²) in [6, 6.07) is 26.2. The molecule has 0 unspecified atom stereocenters. The summed E-state index contributed by atoms with van der Waals surface area (Å²) in [5.74, 6) is 0.807. The fourth-order valence-corrected chi connectivity index (χ4v) is 4.09. The summed E-state index contributed by atoms with van der Waals surface area (Å²) in [5.41, 5.74) is 5.40. The van der Waals surface area contributed by atoms with E-state index < -0.39 is 0 Å². The van der Waals surface area contributed by atoms with E-state index in [-0.39, 0.29) is 25.0 Å². The number of benzene rings is 4. The van der Waals surface area contributed by atoms with E-state index in [0.717, 1.165) is 31.2 Å². The van der Waals surface area contributed by atoms with Crippen LogP contribution < -0.4 is 20.1 Å². The fourth-order valence-electron chi connectivity index (χ4n) is 3.60. The van der Waals surface area contributed by atoms with Gasteiger partial charge in [-0.2, -0.15) is 0 Å². The molecule has 0 aliphatic rings. The Morgan fingerprint density at radius 2 is 0.974 bits per heavy atom.